The number of aliphatic hydroxyl groups is 1. The molecule has 1 N–H and O–H groups in total. The van der Waals surface area contributed by atoms with Crippen LogP contribution in [0.2, 0.25) is 0 Å². The van der Waals surface area contributed by atoms with Crippen molar-refractivity contribution in [3.05, 3.63) is 29.3 Å². The number of aryl methyl sites for hydroxylation is 1. The fraction of sp³-hybridized carbons (Fsp3) is 0.571. The van der Waals surface area contributed by atoms with Gasteiger partial charge in [-0.05, 0) is 36.5 Å². The minimum Gasteiger partial charge on any atom is -0.493 e. The van der Waals surface area contributed by atoms with E-state index in [1.54, 1.807) is 0 Å². The van der Waals surface area contributed by atoms with Crippen LogP contribution >= 0.6 is 0 Å². The molecule has 0 amide bonds. The lowest BCUT2D eigenvalue weighted by molar-refractivity contribution is 0.0588. The van der Waals surface area contributed by atoms with Crippen molar-refractivity contribution in [2.75, 3.05) is 18.1 Å². The van der Waals surface area contributed by atoms with Gasteiger partial charge in [0.25, 0.3) is 0 Å². The first-order chi connectivity index (χ1) is 8.96. The van der Waals surface area contributed by atoms with Gasteiger partial charge in [-0.3, -0.25) is 0 Å². The van der Waals surface area contributed by atoms with Crippen molar-refractivity contribution in [1.82, 2.24) is 0 Å². The summed E-state index contributed by atoms with van der Waals surface area (Å²) < 4.78 is 28.3. The number of hydrogen-bond donors (Lipinski definition) is 1. The molecule has 19 heavy (non-hydrogen) atoms. The predicted octanol–water partition coefficient (Wildman–Crippen LogP) is 1.10. The standard InChI is InChI=1S/C14H18O4S/c15-14(6-8-19(16,17)10-14)5-3-11-1-2-13-12(9-11)4-7-18-13/h1-2,9,15H,3-8,10H2. The second-order valence-corrected chi connectivity index (χ2v) is 7.79. The number of hydrogen-bond acceptors (Lipinski definition) is 4. The van der Waals surface area contributed by atoms with Crippen molar-refractivity contribution in [3.8, 4) is 5.75 Å². The van der Waals surface area contributed by atoms with Crippen molar-refractivity contribution in [3.63, 3.8) is 0 Å². The highest BCUT2D eigenvalue weighted by Gasteiger charge is 2.39. The van der Waals surface area contributed by atoms with E-state index in [1.165, 1.54) is 5.56 Å². The van der Waals surface area contributed by atoms with Crippen LogP contribution in [-0.4, -0.2) is 37.2 Å². The molecule has 0 saturated carbocycles. The lowest BCUT2D eigenvalue weighted by Gasteiger charge is -2.20. The number of benzene rings is 1. The van der Waals surface area contributed by atoms with Crippen LogP contribution in [-0.2, 0) is 22.7 Å². The summed E-state index contributed by atoms with van der Waals surface area (Å²) in [5, 5.41) is 10.3. The average Bonchev–Trinajstić information content (AvgIpc) is 2.91. The maximum absolute atomic E-state index is 11.4. The molecule has 1 saturated heterocycles. The summed E-state index contributed by atoms with van der Waals surface area (Å²) in [7, 11) is -3.04. The summed E-state index contributed by atoms with van der Waals surface area (Å²) in [6.07, 6.45) is 2.51. The zero-order chi connectivity index (χ0) is 13.5. The van der Waals surface area contributed by atoms with E-state index in [1.807, 2.05) is 12.1 Å². The molecule has 0 bridgehead atoms. The number of rotatable bonds is 3. The van der Waals surface area contributed by atoms with Gasteiger partial charge < -0.3 is 9.84 Å². The Morgan fingerprint density at radius 2 is 2.21 bits per heavy atom. The van der Waals surface area contributed by atoms with Crippen LogP contribution in [0, 0.1) is 0 Å². The molecule has 1 aromatic carbocycles. The van der Waals surface area contributed by atoms with Crippen LogP contribution in [0.15, 0.2) is 18.2 Å². The van der Waals surface area contributed by atoms with E-state index in [2.05, 4.69) is 6.07 Å². The Hall–Kier alpha value is -1.07. The molecule has 1 fully saturated rings. The van der Waals surface area contributed by atoms with Gasteiger partial charge in [-0.25, -0.2) is 8.42 Å². The summed E-state index contributed by atoms with van der Waals surface area (Å²) in [5.74, 6) is 0.973. The van der Waals surface area contributed by atoms with E-state index in [0.29, 0.717) is 19.3 Å². The summed E-state index contributed by atoms with van der Waals surface area (Å²) >= 11 is 0. The van der Waals surface area contributed by atoms with Gasteiger partial charge >= 0.3 is 0 Å². The molecule has 0 aliphatic carbocycles. The molecule has 104 valence electrons. The van der Waals surface area contributed by atoms with Gasteiger partial charge in [0.1, 0.15) is 5.75 Å². The fourth-order valence-corrected chi connectivity index (χ4v) is 4.81. The fourth-order valence-electron chi connectivity index (χ4n) is 2.87. The molecule has 1 atom stereocenters. The van der Waals surface area contributed by atoms with E-state index < -0.39 is 15.4 Å². The van der Waals surface area contributed by atoms with Crippen LogP contribution in [0.4, 0.5) is 0 Å². The Labute approximate surface area is 113 Å². The molecule has 0 aromatic heterocycles. The molecule has 1 unspecified atom stereocenters. The van der Waals surface area contributed by atoms with Crippen LogP contribution in [0.25, 0.3) is 0 Å². The summed E-state index contributed by atoms with van der Waals surface area (Å²) in [6.45, 7) is 0.737. The Kier molecular flexibility index (Phi) is 3.06. The number of ether oxygens (including phenoxy) is 1. The summed E-state index contributed by atoms with van der Waals surface area (Å²) in [6, 6.07) is 6.07. The largest absolute Gasteiger partial charge is 0.493 e. The van der Waals surface area contributed by atoms with Gasteiger partial charge in [0, 0.05) is 6.42 Å². The van der Waals surface area contributed by atoms with Crippen LogP contribution < -0.4 is 4.74 Å². The molecule has 2 aliphatic heterocycles. The summed E-state index contributed by atoms with van der Waals surface area (Å²) in [4.78, 5) is 0. The molecule has 1 aromatic rings. The van der Waals surface area contributed by atoms with Crippen LogP contribution in [0.1, 0.15) is 24.0 Å². The molecule has 2 heterocycles. The zero-order valence-corrected chi connectivity index (χ0v) is 11.6. The maximum Gasteiger partial charge on any atom is 0.153 e. The van der Waals surface area contributed by atoms with Crippen molar-refractivity contribution < 1.29 is 18.3 Å². The van der Waals surface area contributed by atoms with Gasteiger partial charge in [0.2, 0.25) is 0 Å². The molecular weight excluding hydrogens is 264 g/mol. The predicted molar refractivity (Wildman–Crippen MR) is 72.2 cm³/mol. The van der Waals surface area contributed by atoms with Crippen LogP contribution in [0.3, 0.4) is 0 Å². The monoisotopic (exact) mass is 282 g/mol. The van der Waals surface area contributed by atoms with E-state index in [-0.39, 0.29) is 11.5 Å². The second kappa shape index (κ2) is 4.49. The highest BCUT2D eigenvalue weighted by atomic mass is 32.2. The van der Waals surface area contributed by atoms with Crippen molar-refractivity contribution in [2.45, 2.75) is 31.3 Å². The Morgan fingerprint density at radius 3 is 2.95 bits per heavy atom. The zero-order valence-electron chi connectivity index (χ0n) is 10.8. The molecule has 5 heteroatoms. The molecular formula is C14H18O4S. The molecule has 2 aliphatic rings. The quantitative estimate of drug-likeness (QED) is 0.902. The van der Waals surface area contributed by atoms with E-state index in [4.69, 9.17) is 4.74 Å². The molecule has 4 nitrogen and oxygen atoms in total. The Balaban J connectivity index is 1.67. The molecule has 3 rings (SSSR count). The number of sulfone groups is 1. The highest BCUT2D eigenvalue weighted by molar-refractivity contribution is 7.91. The lowest BCUT2D eigenvalue weighted by Crippen LogP contribution is -2.30. The normalized spacial score (nSPS) is 28.1. The van der Waals surface area contributed by atoms with E-state index in [0.717, 1.165) is 24.3 Å². The highest BCUT2D eigenvalue weighted by Crippen LogP contribution is 2.30. The van der Waals surface area contributed by atoms with E-state index >= 15 is 0 Å². The van der Waals surface area contributed by atoms with Crippen molar-refractivity contribution >= 4 is 9.84 Å². The minimum atomic E-state index is -3.04. The lowest BCUT2D eigenvalue weighted by atomic mass is 9.94. The second-order valence-electron chi connectivity index (χ2n) is 5.61. The van der Waals surface area contributed by atoms with Crippen LogP contribution in [0.5, 0.6) is 5.75 Å². The maximum atomic E-state index is 11.4. The minimum absolute atomic E-state index is 0.0892. The summed E-state index contributed by atoms with van der Waals surface area (Å²) in [5.41, 5.74) is 1.32. The first-order valence-corrected chi connectivity index (χ1v) is 8.45. The van der Waals surface area contributed by atoms with Gasteiger partial charge in [-0.2, -0.15) is 0 Å². The molecule has 0 spiro atoms. The van der Waals surface area contributed by atoms with Crippen molar-refractivity contribution in [2.24, 2.45) is 0 Å². The first kappa shape index (κ1) is 12.9. The number of fused-ring (bicyclic) bond motifs is 1. The third-order valence-corrected chi connectivity index (χ3v) is 5.80. The van der Waals surface area contributed by atoms with Crippen molar-refractivity contribution in [1.29, 1.82) is 0 Å². The van der Waals surface area contributed by atoms with Gasteiger partial charge in [0.15, 0.2) is 9.84 Å². The third-order valence-electron chi connectivity index (χ3n) is 4.00. The third kappa shape index (κ3) is 2.77. The SMILES string of the molecule is O=S1(=O)CCC(O)(CCc2ccc3c(c2)CCO3)C1. The van der Waals surface area contributed by atoms with Gasteiger partial charge in [-0.15, -0.1) is 0 Å². The average molecular weight is 282 g/mol. The van der Waals surface area contributed by atoms with Gasteiger partial charge in [0.05, 0.1) is 23.7 Å². The Bertz CT molecular complexity index is 593. The molecule has 0 radical (unpaired) electrons. The smallest absolute Gasteiger partial charge is 0.153 e. The topological polar surface area (TPSA) is 63.6 Å². The Morgan fingerprint density at radius 1 is 1.37 bits per heavy atom. The van der Waals surface area contributed by atoms with E-state index in [9.17, 15) is 13.5 Å². The van der Waals surface area contributed by atoms with Gasteiger partial charge in [-0.1, -0.05) is 12.1 Å². The first-order valence-electron chi connectivity index (χ1n) is 6.63.